The largest absolute Gasteiger partial charge is 0.346 e. The zero-order valence-electron chi connectivity index (χ0n) is 12.1. The second-order valence-corrected chi connectivity index (χ2v) is 5.91. The lowest BCUT2D eigenvalue weighted by Crippen LogP contribution is -2.43. The van der Waals surface area contributed by atoms with E-state index in [1.165, 1.54) is 0 Å². The number of nitrogens with one attached hydrogen (secondary N) is 1. The minimum atomic E-state index is -0.583. The fourth-order valence-corrected chi connectivity index (χ4v) is 2.29. The Bertz CT molecular complexity index is 652. The Morgan fingerprint density at radius 1 is 1.36 bits per heavy atom. The summed E-state index contributed by atoms with van der Waals surface area (Å²) < 4.78 is 5.09. The molecule has 1 atom stereocenters. The van der Waals surface area contributed by atoms with Crippen molar-refractivity contribution < 1.29 is 9.32 Å². The summed E-state index contributed by atoms with van der Waals surface area (Å²) in [6.07, 6.45) is 0. The summed E-state index contributed by atoms with van der Waals surface area (Å²) in [6, 6.07) is 4.51. The van der Waals surface area contributed by atoms with Crippen molar-refractivity contribution in [3.63, 3.8) is 0 Å². The number of aromatic nitrogens is 2. The second kappa shape index (κ2) is 7.09. The van der Waals surface area contributed by atoms with Crippen LogP contribution in [0.15, 0.2) is 22.7 Å². The molecule has 0 spiro atoms. The minimum Gasteiger partial charge on any atom is -0.346 e. The average Bonchev–Trinajstić information content (AvgIpc) is 2.92. The zero-order valence-corrected chi connectivity index (χ0v) is 13.6. The van der Waals surface area contributed by atoms with Gasteiger partial charge in [-0.1, -0.05) is 48.3 Å². The number of hydrogen-bond donors (Lipinski definition) is 2. The molecule has 0 fully saturated rings. The third kappa shape index (κ3) is 3.76. The van der Waals surface area contributed by atoms with Crippen molar-refractivity contribution in [1.82, 2.24) is 15.5 Å². The van der Waals surface area contributed by atoms with Gasteiger partial charge in [-0.2, -0.15) is 4.98 Å². The molecular weight excluding hydrogens is 327 g/mol. The highest BCUT2D eigenvalue weighted by atomic mass is 35.5. The van der Waals surface area contributed by atoms with E-state index >= 15 is 0 Å². The molecule has 1 amide bonds. The van der Waals surface area contributed by atoms with Crippen LogP contribution >= 0.6 is 23.2 Å². The van der Waals surface area contributed by atoms with E-state index in [1.807, 2.05) is 13.8 Å². The van der Waals surface area contributed by atoms with Crippen LogP contribution in [0.1, 0.15) is 19.7 Å². The van der Waals surface area contributed by atoms with Gasteiger partial charge < -0.3 is 15.6 Å². The number of rotatable bonds is 5. The van der Waals surface area contributed by atoms with E-state index in [4.69, 9.17) is 33.5 Å². The highest BCUT2D eigenvalue weighted by molar-refractivity contribution is 6.38. The highest BCUT2D eigenvalue weighted by Gasteiger charge is 2.19. The summed E-state index contributed by atoms with van der Waals surface area (Å²) >= 11 is 12.2. The SMILES string of the molecule is CC(C)[C@H](N)C(=O)NCc1nc(-c2c(Cl)cccc2Cl)no1. The van der Waals surface area contributed by atoms with E-state index < -0.39 is 6.04 Å². The smallest absolute Gasteiger partial charge is 0.246 e. The summed E-state index contributed by atoms with van der Waals surface area (Å²) in [4.78, 5) is 16.0. The molecule has 3 N–H and O–H groups in total. The van der Waals surface area contributed by atoms with Gasteiger partial charge in [0, 0.05) is 0 Å². The Hall–Kier alpha value is -1.63. The summed E-state index contributed by atoms with van der Waals surface area (Å²) in [5.41, 5.74) is 6.24. The molecule has 1 heterocycles. The van der Waals surface area contributed by atoms with Crippen molar-refractivity contribution in [1.29, 1.82) is 0 Å². The molecule has 118 valence electrons. The van der Waals surface area contributed by atoms with Crippen molar-refractivity contribution in [3.8, 4) is 11.4 Å². The van der Waals surface area contributed by atoms with E-state index in [1.54, 1.807) is 18.2 Å². The van der Waals surface area contributed by atoms with Crippen LogP contribution in [0.5, 0.6) is 0 Å². The average molecular weight is 343 g/mol. The molecule has 0 unspecified atom stereocenters. The Morgan fingerprint density at radius 3 is 2.59 bits per heavy atom. The summed E-state index contributed by atoms with van der Waals surface area (Å²) in [7, 11) is 0. The number of carbonyl (C=O) groups is 1. The number of nitrogens with zero attached hydrogens (tertiary/aromatic N) is 2. The van der Waals surface area contributed by atoms with Crippen LogP contribution < -0.4 is 11.1 Å². The lowest BCUT2D eigenvalue weighted by Gasteiger charge is -2.14. The first kappa shape index (κ1) is 16.7. The van der Waals surface area contributed by atoms with Gasteiger partial charge >= 0.3 is 0 Å². The Balaban J connectivity index is 2.08. The number of carbonyl (C=O) groups excluding carboxylic acids is 1. The monoisotopic (exact) mass is 342 g/mol. The molecule has 0 aliphatic carbocycles. The van der Waals surface area contributed by atoms with E-state index in [-0.39, 0.29) is 30.1 Å². The predicted molar refractivity (Wildman–Crippen MR) is 84.4 cm³/mol. The van der Waals surface area contributed by atoms with Crippen molar-refractivity contribution >= 4 is 29.1 Å². The normalized spacial score (nSPS) is 12.5. The second-order valence-electron chi connectivity index (χ2n) is 5.10. The van der Waals surface area contributed by atoms with Gasteiger partial charge in [0.1, 0.15) is 0 Å². The third-order valence-corrected chi connectivity index (χ3v) is 3.72. The topological polar surface area (TPSA) is 94.0 Å². The summed E-state index contributed by atoms with van der Waals surface area (Å²) in [6.45, 7) is 3.83. The summed E-state index contributed by atoms with van der Waals surface area (Å²) in [5.74, 6) is 0.286. The van der Waals surface area contributed by atoms with Gasteiger partial charge in [-0.05, 0) is 18.1 Å². The highest BCUT2D eigenvalue weighted by Crippen LogP contribution is 2.32. The zero-order chi connectivity index (χ0) is 16.3. The first-order valence-electron chi connectivity index (χ1n) is 6.70. The standard InChI is InChI=1S/C14H16Cl2N4O2/c1-7(2)12(17)14(21)18-6-10-19-13(20-22-10)11-8(15)4-3-5-9(11)16/h3-5,7,12H,6,17H2,1-2H3,(H,18,21)/t12-/m0/s1. The molecule has 0 radical (unpaired) electrons. The number of amides is 1. The predicted octanol–water partition coefficient (Wildman–Crippen LogP) is 2.64. The molecule has 8 heteroatoms. The number of hydrogen-bond acceptors (Lipinski definition) is 5. The fraction of sp³-hybridized carbons (Fsp3) is 0.357. The Morgan fingerprint density at radius 2 is 2.00 bits per heavy atom. The summed E-state index contributed by atoms with van der Waals surface area (Å²) in [5, 5.41) is 7.32. The van der Waals surface area contributed by atoms with Crippen molar-refractivity contribution in [2.75, 3.05) is 0 Å². The number of benzene rings is 1. The quantitative estimate of drug-likeness (QED) is 0.870. The molecule has 0 saturated heterocycles. The maximum absolute atomic E-state index is 11.8. The number of nitrogens with two attached hydrogens (primary N) is 1. The fourth-order valence-electron chi connectivity index (χ4n) is 1.72. The lowest BCUT2D eigenvalue weighted by atomic mass is 10.1. The third-order valence-electron chi connectivity index (χ3n) is 3.09. The van der Waals surface area contributed by atoms with Crippen molar-refractivity contribution in [3.05, 3.63) is 34.1 Å². The van der Waals surface area contributed by atoms with Crippen LogP contribution in [0.25, 0.3) is 11.4 Å². The molecule has 2 rings (SSSR count). The van der Waals surface area contributed by atoms with Gasteiger partial charge in [-0.15, -0.1) is 0 Å². The molecule has 0 aliphatic rings. The van der Waals surface area contributed by atoms with Crippen LogP contribution in [0, 0.1) is 5.92 Å². The molecule has 0 bridgehead atoms. The number of halogens is 2. The van der Waals surface area contributed by atoms with Crippen LogP contribution in [0.2, 0.25) is 10.0 Å². The lowest BCUT2D eigenvalue weighted by molar-refractivity contribution is -0.123. The molecule has 0 aliphatic heterocycles. The maximum Gasteiger partial charge on any atom is 0.246 e. The van der Waals surface area contributed by atoms with E-state index in [0.29, 0.717) is 15.6 Å². The first-order valence-corrected chi connectivity index (χ1v) is 7.46. The molecule has 2 aromatic rings. The van der Waals surface area contributed by atoms with Gasteiger partial charge in [0.2, 0.25) is 17.6 Å². The van der Waals surface area contributed by atoms with E-state index in [2.05, 4.69) is 15.5 Å². The van der Waals surface area contributed by atoms with Gasteiger partial charge in [0.05, 0.1) is 28.2 Å². The van der Waals surface area contributed by atoms with Crippen LogP contribution in [-0.2, 0) is 11.3 Å². The molecule has 0 saturated carbocycles. The maximum atomic E-state index is 11.8. The Labute approximate surface area is 138 Å². The molecule has 1 aromatic heterocycles. The van der Waals surface area contributed by atoms with Gasteiger partial charge in [0.15, 0.2) is 0 Å². The van der Waals surface area contributed by atoms with E-state index in [9.17, 15) is 4.79 Å². The first-order chi connectivity index (χ1) is 10.4. The van der Waals surface area contributed by atoms with Crippen LogP contribution in [-0.4, -0.2) is 22.1 Å². The van der Waals surface area contributed by atoms with Gasteiger partial charge in [0.25, 0.3) is 0 Å². The van der Waals surface area contributed by atoms with E-state index in [0.717, 1.165) is 0 Å². The van der Waals surface area contributed by atoms with Crippen molar-refractivity contribution in [2.24, 2.45) is 11.7 Å². The Kier molecular flexibility index (Phi) is 5.39. The molecule has 22 heavy (non-hydrogen) atoms. The molecule has 6 nitrogen and oxygen atoms in total. The van der Waals surface area contributed by atoms with Gasteiger partial charge in [-0.25, -0.2) is 0 Å². The van der Waals surface area contributed by atoms with Gasteiger partial charge in [-0.3, -0.25) is 4.79 Å². The minimum absolute atomic E-state index is 0.0418. The molecule has 1 aromatic carbocycles. The molecular formula is C14H16Cl2N4O2. The van der Waals surface area contributed by atoms with Crippen LogP contribution in [0.4, 0.5) is 0 Å². The van der Waals surface area contributed by atoms with Crippen LogP contribution in [0.3, 0.4) is 0 Å². The van der Waals surface area contributed by atoms with Crippen molar-refractivity contribution in [2.45, 2.75) is 26.4 Å².